The molecule has 2 aliphatic rings. The van der Waals surface area contributed by atoms with Gasteiger partial charge in [-0.05, 0) is 63.9 Å². The number of ether oxygens (including phenoxy) is 1. The molecule has 3 rings (SSSR count). The van der Waals surface area contributed by atoms with Gasteiger partial charge >= 0.3 is 0 Å². The third-order valence-corrected chi connectivity index (χ3v) is 4.73. The third-order valence-electron chi connectivity index (χ3n) is 4.73. The summed E-state index contributed by atoms with van der Waals surface area (Å²) in [5.41, 5.74) is 1.37. The summed E-state index contributed by atoms with van der Waals surface area (Å²) in [4.78, 5) is 2.37. The number of piperidine rings is 2. The van der Waals surface area contributed by atoms with Gasteiger partial charge in [-0.2, -0.15) is 0 Å². The van der Waals surface area contributed by atoms with Crippen molar-refractivity contribution in [1.29, 1.82) is 0 Å². The molecule has 1 aromatic rings. The van der Waals surface area contributed by atoms with Gasteiger partial charge in [0.15, 0.2) is 0 Å². The van der Waals surface area contributed by atoms with Crippen molar-refractivity contribution in [3.05, 3.63) is 29.8 Å². The molecular formula is C18H28N2O. The second kappa shape index (κ2) is 7.28. The van der Waals surface area contributed by atoms with E-state index in [1.54, 1.807) is 0 Å². The van der Waals surface area contributed by atoms with Crippen LogP contribution >= 0.6 is 0 Å². The monoisotopic (exact) mass is 288 g/mol. The highest BCUT2D eigenvalue weighted by atomic mass is 16.5. The number of nitrogens with one attached hydrogen (secondary N) is 1. The van der Waals surface area contributed by atoms with E-state index in [9.17, 15) is 0 Å². The number of para-hydroxylation sites is 1. The average molecular weight is 288 g/mol. The Balaban J connectivity index is 1.64. The van der Waals surface area contributed by atoms with Crippen molar-refractivity contribution in [3.8, 4) is 5.75 Å². The van der Waals surface area contributed by atoms with Crippen LogP contribution in [0.25, 0.3) is 0 Å². The number of likely N-dealkylation sites (tertiary alicyclic amines) is 1. The molecule has 0 aliphatic carbocycles. The Morgan fingerprint density at radius 3 is 2.90 bits per heavy atom. The molecule has 0 amide bonds. The van der Waals surface area contributed by atoms with E-state index in [4.69, 9.17) is 4.74 Å². The number of rotatable bonds is 4. The molecule has 2 aliphatic heterocycles. The molecule has 1 aromatic carbocycles. The lowest BCUT2D eigenvalue weighted by Crippen LogP contribution is -2.39. The predicted octanol–water partition coefficient (Wildman–Crippen LogP) is 2.84. The molecule has 3 nitrogen and oxygen atoms in total. The molecule has 0 bridgehead atoms. The second-order valence-electron chi connectivity index (χ2n) is 6.60. The van der Waals surface area contributed by atoms with Gasteiger partial charge < -0.3 is 15.0 Å². The van der Waals surface area contributed by atoms with Gasteiger partial charge in [0.1, 0.15) is 11.9 Å². The topological polar surface area (TPSA) is 24.5 Å². The maximum atomic E-state index is 6.33. The van der Waals surface area contributed by atoms with E-state index in [1.807, 2.05) is 0 Å². The minimum atomic E-state index is 0.351. The summed E-state index contributed by atoms with van der Waals surface area (Å²) in [6.07, 6.45) is 7.84. The first-order valence-electron chi connectivity index (χ1n) is 8.48. The zero-order valence-corrected chi connectivity index (χ0v) is 13.2. The Morgan fingerprint density at radius 1 is 1.19 bits per heavy atom. The van der Waals surface area contributed by atoms with Crippen LogP contribution in [0.15, 0.2) is 24.3 Å². The highest BCUT2D eigenvalue weighted by molar-refractivity contribution is 5.34. The molecule has 0 spiro atoms. The Morgan fingerprint density at radius 2 is 2.10 bits per heavy atom. The Labute approximate surface area is 128 Å². The Hall–Kier alpha value is -1.06. The van der Waals surface area contributed by atoms with Gasteiger partial charge in [-0.15, -0.1) is 0 Å². The summed E-state index contributed by atoms with van der Waals surface area (Å²) in [6, 6.07) is 9.24. The predicted molar refractivity (Wildman–Crippen MR) is 86.9 cm³/mol. The van der Waals surface area contributed by atoms with E-state index in [0.717, 1.165) is 18.7 Å². The lowest BCUT2D eigenvalue weighted by Gasteiger charge is -2.31. The molecule has 2 atom stereocenters. The number of nitrogens with zero attached hydrogens (tertiary/aromatic N) is 1. The molecule has 2 heterocycles. The summed E-state index contributed by atoms with van der Waals surface area (Å²) in [5, 5.41) is 3.64. The smallest absolute Gasteiger partial charge is 0.123 e. The first-order chi connectivity index (χ1) is 10.3. The minimum Gasteiger partial charge on any atom is -0.489 e. The fourth-order valence-electron chi connectivity index (χ4n) is 3.55. The highest BCUT2D eigenvalue weighted by Gasteiger charge is 2.20. The van der Waals surface area contributed by atoms with Crippen LogP contribution in [-0.2, 0) is 6.42 Å². The van der Waals surface area contributed by atoms with Gasteiger partial charge in [0.2, 0.25) is 0 Å². The maximum absolute atomic E-state index is 6.33. The minimum absolute atomic E-state index is 0.351. The standard InChI is InChI=1S/C18H28N2O/c1-20-12-6-9-17(14-20)21-18-10-3-2-7-15(18)13-16-8-4-5-11-19-16/h2-3,7,10,16-17,19H,4-6,8-9,11-14H2,1H3. The Bertz CT molecular complexity index is 443. The zero-order chi connectivity index (χ0) is 14.5. The fraction of sp³-hybridized carbons (Fsp3) is 0.667. The third kappa shape index (κ3) is 4.21. The number of likely N-dealkylation sites (N-methyl/N-ethyl adjacent to an activating group) is 1. The van der Waals surface area contributed by atoms with Crippen molar-refractivity contribution in [3.63, 3.8) is 0 Å². The van der Waals surface area contributed by atoms with Gasteiger partial charge in [-0.3, -0.25) is 0 Å². The van der Waals surface area contributed by atoms with Crippen molar-refractivity contribution in [1.82, 2.24) is 10.2 Å². The zero-order valence-electron chi connectivity index (χ0n) is 13.2. The van der Waals surface area contributed by atoms with Crippen LogP contribution in [0.1, 0.15) is 37.7 Å². The summed E-state index contributed by atoms with van der Waals surface area (Å²) in [5.74, 6) is 1.10. The van der Waals surface area contributed by atoms with E-state index < -0.39 is 0 Å². The molecule has 2 unspecified atom stereocenters. The Kier molecular flexibility index (Phi) is 5.15. The molecular weight excluding hydrogens is 260 g/mol. The number of benzene rings is 1. The van der Waals surface area contributed by atoms with Gasteiger partial charge in [0, 0.05) is 12.6 Å². The van der Waals surface area contributed by atoms with Crippen LogP contribution < -0.4 is 10.1 Å². The molecule has 0 aromatic heterocycles. The van der Waals surface area contributed by atoms with Crippen LogP contribution in [0.2, 0.25) is 0 Å². The van der Waals surface area contributed by atoms with E-state index in [2.05, 4.69) is 41.5 Å². The molecule has 116 valence electrons. The van der Waals surface area contributed by atoms with Crippen molar-refractivity contribution in [2.45, 2.75) is 50.7 Å². The molecule has 3 heteroatoms. The van der Waals surface area contributed by atoms with Gasteiger partial charge in [-0.25, -0.2) is 0 Å². The molecule has 0 saturated carbocycles. The lowest BCUT2D eigenvalue weighted by molar-refractivity contribution is 0.103. The van der Waals surface area contributed by atoms with Crippen LogP contribution in [0.5, 0.6) is 5.75 Å². The molecule has 1 N–H and O–H groups in total. The van der Waals surface area contributed by atoms with Crippen molar-refractivity contribution in [2.75, 3.05) is 26.7 Å². The molecule has 2 saturated heterocycles. The SMILES string of the molecule is CN1CCCC(Oc2ccccc2CC2CCCCN2)C1. The van der Waals surface area contributed by atoms with Crippen LogP contribution in [0, 0.1) is 0 Å². The van der Waals surface area contributed by atoms with Crippen molar-refractivity contribution in [2.24, 2.45) is 0 Å². The highest BCUT2D eigenvalue weighted by Crippen LogP contribution is 2.25. The largest absolute Gasteiger partial charge is 0.489 e. The first-order valence-corrected chi connectivity index (χ1v) is 8.48. The molecule has 0 radical (unpaired) electrons. The maximum Gasteiger partial charge on any atom is 0.123 e. The normalized spacial score (nSPS) is 27.5. The summed E-state index contributed by atoms with van der Waals surface area (Å²) < 4.78 is 6.33. The average Bonchev–Trinajstić information content (AvgIpc) is 2.50. The molecule has 21 heavy (non-hydrogen) atoms. The van der Waals surface area contributed by atoms with Gasteiger partial charge in [0.25, 0.3) is 0 Å². The van der Waals surface area contributed by atoms with E-state index in [-0.39, 0.29) is 0 Å². The number of hydrogen-bond acceptors (Lipinski definition) is 3. The fourth-order valence-corrected chi connectivity index (χ4v) is 3.55. The van der Waals surface area contributed by atoms with E-state index >= 15 is 0 Å². The van der Waals surface area contributed by atoms with Crippen molar-refractivity contribution < 1.29 is 4.74 Å². The summed E-state index contributed by atoms with van der Waals surface area (Å²) >= 11 is 0. The van der Waals surface area contributed by atoms with E-state index in [0.29, 0.717) is 12.1 Å². The van der Waals surface area contributed by atoms with Gasteiger partial charge in [0.05, 0.1) is 0 Å². The summed E-state index contributed by atoms with van der Waals surface area (Å²) in [7, 11) is 2.19. The van der Waals surface area contributed by atoms with Gasteiger partial charge in [-0.1, -0.05) is 24.6 Å². The molecule has 2 fully saturated rings. The van der Waals surface area contributed by atoms with E-state index in [1.165, 1.54) is 50.8 Å². The number of hydrogen-bond donors (Lipinski definition) is 1. The van der Waals surface area contributed by atoms with Crippen LogP contribution in [-0.4, -0.2) is 43.7 Å². The summed E-state index contributed by atoms with van der Waals surface area (Å²) in [6.45, 7) is 3.42. The first kappa shape index (κ1) is 14.9. The van der Waals surface area contributed by atoms with Crippen molar-refractivity contribution >= 4 is 0 Å². The van der Waals surface area contributed by atoms with Crippen LogP contribution in [0.3, 0.4) is 0 Å². The quantitative estimate of drug-likeness (QED) is 0.922. The lowest BCUT2D eigenvalue weighted by atomic mass is 9.97. The second-order valence-corrected chi connectivity index (χ2v) is 6.60. The van der Waals surface area contributed by atoms with Crippen LogP contribution in [0.4, 0.5) is 0 Å².